The van der Waals surface area contributed by atoms with Gasteiger partial charge in [0.05, 0.1) is 0 Å². The number of rotatable bonds is 2. The highest BCUT2D eigenvalue weighted by atomic mass is 16.2. The summed E-state index contributed by atoms with van der Waals surface area (Å²) in [5.41, 5.74) is 4.68. The van der Waals surface area contributed by atoms with Crippen LogP contribution < -0.4 is 10.5 Å². The molecule has 1 atom stereocenters. The summed E-state index contributed by atoms with van der Waals surface area (Å²) in [7, 11) is 0. The van der Waals surface area contributed by atoms with E-state index in [-0.39, 0.29) is 17.5 Å². The standard InChI is InChI=1S/C22H27N3O2/c1-15-7-3-6-10-20(15)24-11-12-25(16(2)14-24)22(27)18-13-17-8-4-5-9-19(17)23-21(18)26/h3,6-7,10,13,16H,4-5,8-9,11-12,14H2,1-2H3,(H,23,26)/t16-/m0/s1. The van der Waals surface area contributed by atoms with E-state index in [0.29, 0.717) is 12.1 Å². The maximum atomic E-state index is 13.1. The van der Waals surface area contributed by atoms with Crippen LogP contribution in [0.1, 0.15) is 46.9 Å². The van der Waals surface area contributed by atoms with Crippen molar-refractivity contribution < 1.29 is 4.79 Å². The number of aryl methyl sites for hydroxylation is 3. The molecule has 1 saturated heterocycles. The Balaban J connectivity index is 1.54. The number of nitrogens with one attached hydrogen (secondary N) is 1. The Kier molecular flexibility index (Phi) is 4.77. The number of benzene rings is 1. The first-order chi connectivity index (χ1) is 13.0. The number of anilines is 1. The number of nitrogens with zero attached hydrogens (tertiary/aromatic N) is 2. The topological polar surface area (TPSA) is 56.4 Å². The summed E-state index contributed by atoms with van der Waals surface area (Å²) in [6.45, 7) is 6.37. The summed E-state index contributed by atoms with van der Waals surface area (Å²) < 4.78 is 0. The zero-order chi connectivity index (χ0) is 19.0. The highest BCUT2D eigenvalue weighted by Crippen LogP contribution is 2.24. The van der Waals surface area contributed by atoms with Gasteiger partial charge in [-0.2, -0.15) is 0 Å². The zero-order valence-corrected chi connectivity index (χ0v) is 16.1. The van der Waals surface area contributed by atoms with Crippen molar-refractivity contribution >= 4 is 11.6 Å². The quantitative estimate of drug-likeness (QED) is 0.890. The van der Waals surface area contributed by atoms with Gasteiger partial charge in [0, 0.05) is 37.1 Å². The number of piperazine rings is 1. The van der Waals surface area contributed by atoms with Gasteiger partial charge in [-0.05, 0) is 62.8 Å². The van der Waals surface area contributed by atoms with Crippen molar-refractivity contribution in [2.45, 2.75) is 45.6 Å². The van der Waals surface area contributed by atoms with Crippen LogP contribution in [0.15, 0.2) is 35.1 Å². The zero-order valence-electron chi connectivity index (χ0n) is 16.1. The number of carbonyl (C=O) groups is 1. The first-order valence-corrected chi connectivity index (χ1v) is 9.91. The fraction of sp³-hybridized carbons (Fsp3) is 0.455. The Hall–Kier alpha value is -2.56. The molecule has 5 heteroatoms. The SMILES string of the molecule is Cc1ccccc1N1CCN(C(=O)c2cc3c([nH]c2=O)CCCC3)[C@@H](C)C1. The average Bonchev–Trinajstić information content (AvgIpc) is 2.67. The Labute approximate surface area is 160 Å². The highest BCUT2D eigenvalue weighted by Gasteiger charge is 2.30. The number of pyridine rings is 1. The Morgan fingerprint density at radius 3 is 2.70 bits per heavy atom. The molecule has 142 valence electrons. The molecule has 1 aliphatic carbocycles. The van der Waals surface area contributed by atoms with Gasteiger partial charge >= 0.3 is 0 Å². The predicted molar refractivity (Wildman–Crippen MR) is 108 cm³/mol. The summed E-state index contributed by atoms with van der Waals surface area (Å²) in [6, 6.07) is 10.2. The number of hydrogen-bond acceptors (Lipinski definition) is 3. The first kappa shape index (κ1) is 17.8. The maximum absolute atomic E-state index is 13.1. The van der Waals surface area contributed by atoms with E-state index >= 15 is 0 Å². The lowest BCUT2D eigenvalue weighted by molar-refractivity contribution is 0.0672. The van der Waals surface area contributed by atoms with E-state index in [2.05, 4.69) is 41.9 Å². The van der Waals surface area contributed by atoms with Gasteiger partial charge in [0.2, 0.25) is 0 Å². The predicted octanol–water partition coefficient (Wildman–Crippen LogP) is 2.91. The molecule has 0 radical (unpaired) electrons. The van der Waals surface area contributed by atoms with Crippen LogP contribution in [-0.2, 0) is 12.8 Å². The van der Waals surface area contributed by atoms with Crippen LogP contribution in [0.5, 0.6) is 0 Å². The van der Waals surface area contributed by atoms with Gasteiger partial charge in [0.15, 0.2) is 0 Å². The van der Waals surface area contributed by atoms with E-state index in [1.165, 1.54) is 11.3 Å². The smallest absolute Gasteiger partial charge is 0.261 e. The van der Waals surface area contributed by atoms with Gasteiger partial charge in [0.1, 0.15) is 5.56 Å². The second-order valence-electron chi connectivity index (χ2n) is 7.80. The number of amides is 1. The van der Waals surface area contributed by atoms with Crippen LogP contribution in [0.3, 0.4) is 0 Å². The molecular formula is C22H27N3O2. The molecular weight excluding hydrogens is 338 g/mol. The van der Waals surface area contributed by atoms with Gasteiger partial charge in [-0.3, -0.25) is 9.59 Å². The van der Waals surface area contributed by atoms with E-state index in [1.807, 2.05) is 17.0 Å². The highest BCUT2D eigenvalue weighted by molar-refractivity contribution is 5.94. The molecule has 1 aromatic heterocycles. The minimum atomic E-state index is -0.241. The third-order valence-corrected chi connectivity index (χ3v) is 5.91. The van der Waals surface area contributed by atoms with Crippen molar-refractivity contribution in [1.82, 2.24) is 9.88 Å². The van der Waals surface area contributed by atoms with E-state index in [4.69, 9.17) is 0 Å². The molecule has 0 bridgehead atoms. The Morgan fingerprint density at radius 1 is 1.15 bits per heavy atom. The van der Waals surface area contributed by atoms with Crippen molar-refractivity contribution in [1.29, 1.82) is 0 Å². The third-order valence-electron chi connectivity index (χ3n) is 5.91. The van der Waals surface area contributed by atoms with E-state index < -0.39 is 0 Å². The molecule has 0 spiro atoms. The van der Waals surface area contributed by atoms with Crippen LogP contribution in [0.4, 0.5) is 5.69 Å². The lowest BCUT2D eigenvalue weighted by Crippen LogP contribution is -2.55. The molecule has 0 saturated carbocycles. The minimum Gasteiger partial charge on any atom is -0.367 e. The fourth-order valence-electron chi connectivity index (χ4n) is 4.38. The molecule has 2 aromatic rings. The number of aromatic nitrogens is 1. The first-order valence-electron chi connectivity index (χ1n) is 9.91. The van der Waals surface area contributed by atoms with Crippen LogP contribution in [0.25, 0.3) is 0 Å². The lowest BCUT2D eigenvalue weighted by atomic mass is 9.94. The second-order valence-corrected chi connectivity index (χ2v) is 7.80. The van der Waals surface area contributed by atoms with E-state index in [9.17, 15) is 9.59 Å². The Morgan fingerprint density at radius 2 is 1.93 bits per heavy atom. The molecule has 1 amide bonds. The van der Waals surface area contributed by atoms with E-state index in [0.717, 1.165) is 50.0 Å². The van der Waals surface area contributed by atoms with E-state index in [1.54, 1.807) is 0 Å². The molecule has 0 unspecified atom stereocenters. The number of H-pyrrole nitrogens is 1. The van der Waals surface area contributed by atoms with Crippen LogP contribution in [0, 0.1) is 6.92 Å². The van der Waals surface area contributed by atoms with Crippen molar-refractivity contribution in [3.05, 3.63) is 63.1 Å². The number of aromatic amines is 1. The number of hydrogen-bond donors (Lipinski definition) is 1. The number of para-hydroxylation sites is 1. The molecule has 4 rings (SSSR count). The van der Waals surface area contributed by atoms with Crippen LogP contribution in [0.2, 0.25) is 0 Å². The van der Waals surface area contributed by atoms with Gasteiger partial charge < -0.3 is 14.8 Å². The summed E-state index contributed by atoms with van der Waals surface area (Å²) in [5, 5.41) is 0. The largest absolute Gasteiger partial charge is 0.367 e. The van der Waals surface area contributed by atoms with Crippen molar-refractivity contribution in [2.24, 2.45) is 0 Å². The monoisotopic (exact) mass is 365 g/mol. The third kappa shape index (κ3) is 3.38. The number of fused-ring (bicyclic) bond motifs is 1. The maximum Gasteiger partial charge on any atom is 0.261 e. The summed E-state index contributed by atoms with van der Waals surface area (Å²) in [6.07, 6.45) is 4.08. The fourth-order valence-corrected chi connectivity index (χ4v) is 4.38. The van der Waals surface area contributed by atoms with Crippen LogP contribution >= 0.6 is 0 Å². The summed E-state index contributed by atoms with van der Waals surface area (Å²) >= 11 is 0. The average molecular weight is 365 g/mol. The number of carbonyl (C=O) groups excluding carboxylic acids is 1. The molecule has 1 aliphatic heterocycles. The lowest BCUT2D eigenvalue weighted by Gasteiger charge is -2.41. The van der Waals surface area contributed by atoms with Crippen molar-refractivity contribution in [3.63, 3.8) is 0 Å². The molecule has 1 fully saturated rings. The molecule has 5 nitrogen and oxygen atoms in total. The van der Waals surface area contributed by atoms with Crippen molar-refractivity contribution in [2.75, 3.05) is 24.5 Å². The molecule has 2 aliphatic rings. The molecule has 1 N–H and O–H groups in total. The van der Waals surface area contributed by atoms with Gasteiger partial charge in [0.25, 0.3) is 11.5 Å². The summed E-state index contributed by atoms with van der Waals surface area (Å²) in [4.78, 5) is 32.8. The molecule has 2 heterocycles. The van der Waals surface area contributed by atoms with Crippen molar-refractivity contribution in [3.8, 4) is 0 Å². The Bertz CT molecular complexity index is 918. The molecule has 1 aromatic carbocycles. The van der Waals surface area contributed by atoms with Gasteiger partial charge in [-0.15, -0.1) is 0 Å². The summed E-state index contributed by atoms with van der Waals surface area (Å²) in [5.74, 6) is -0.137. The minimum absolute atomic E-state index is 0.0567. The van der Waals surface area contributed by atoms with Crippen LogP contribution in [-0.4, -0.2) is 41.5 Å². The van der Waals surface area contributed by atoms with Gasteiger partial charge in [-0.25, -0.2) is 0 Å². The van der Waals surface area contributed by atoms with Gasteiger partial charge in [-0.1, -0.05) is 18.2 Å². The second kappa shape index (κ2) is 7.22. The normalized spacial score (nSPS) is 19.7. The molecule has 27 heavy (non-hydrogen) atoms.